The largest absolute Gasteiger partial charge is 0.301 e. The highest BCUT2D eigenvalue weighted by molar-refractivity contribution is 7.14. The van der Waals surface area contributed by atoms with Crippen molar-refractivity contribution in [3.8, 4) is 0 Å². The third-order valence-corrected chi connectivity index (χ3v) is 11.3. The number of anilines is 1. The number of aromatic nitrogens is 5. The highest BCUT2D eigenvalue weighted by Crippen LogP contribution is 2.64. The molecule has 0 saturated heterocycles. The Bertz CT molecular complexity index is 1060. The minimum atomic E-state index is -0.315. The summed E-state index contributed by atoms with van der Waals surface area (Å²) >= 11 is 1.64. The third-order valence-electron chi connectivity index (χ3n) is 10.6. The van der Waals surface area contributed by atoms with Crippen molar-refractivity contribution in [3.05, 3.63) is 17.4 Å². The zero-order valence-corrected chi connectivity index (χ0v) is 19.9. The van der Waals surface area contributed by atoms with E-state index < -0.39 is 0 Å². The van der Waals surface area contributed by atoms with Crippen molar-refractivity contribution >= 4 is 22.4 Å². The maximum absolute atomic E-state index is 13.8. The van der Waals surface area contributed by atoms with Gasteiger partial charge in [-0.05, 0) is 112 Å². The fourth-order valence-electron chi connectivity index (χ4n) is 10.3. The van der Waals surface area contributed by atoms with E-state index in [1.54, 1.807) is 11.3 Å². The topological polar surface area (TPSA) is 85.6 Å². The Morgan fingerprint density at radius 3 is 2.24 bits per heavy atom. The molecule has 174 valence electrons. The number of carbonyl (C=O) groups excluding carboxylic acids is 1. The number of hydrogen-bond donors (Lipinski definition) is 1. The summed E-state index contributed by atoms with van der Waals surface area (Å²) in [6, 6.07) is 0. The monoisotopic (exact) mass is 464 g/mol. The van der Waals surface area contributed by atoms with Crippen LogP contribution in [0.1, 0.15) is 82.7 Å². The first-order valence-corrected chi connectivity index (χ1v) is 13.9. The second kappa shape index (κ2) is 6.43. The molecule has 33 heavy (non-hydrogen) atoms. The van der Waals surface area contributed by atoms with Crippen LogP contribution in [0.3, 0.4) is 0 Å². The van der Waals surface area contributed by atoms with Crippen LogP contribution in [0.4, 0.5) is 5.13 Å². The lowest BCUT2D eigenvalue weighted by molar-refractivity contribution is -0.152. The molecular formula is C25H32N6OS. The lowest BCUT2D eigenvalue weighted by atomic mass is 9.46. The van der Waals surface area contributed by atoms with Crippen LogP contribution in [-0.4, -0.2) is 31.1 Å². The molecule has 2 aromatic heterocycles. The van der Waals surface area contributed by atoms with Crippen LogP contribution in [0.15, 0.2) is 11.7 Å². The van der Waals surface area contributed by atoms with Gasteiger partial charge in [0.2, 0.25) is 5.91 Å². The van der Waals surface area contributed by atoms with E-state index in [1.807, 2.05) is 4.80 Å². The van der Waals surface area contributed by atoms with Crippen molar-refractivity contribution in [2.24, 2.45) is 35.0 Å². The number of nitrogens with one attached hydrogen (secondary N) is 1. The Hall–Kier alpha value is -1.83. The predicted octanol–water partition coefficient (Wildman–Crippen LogP) is 4.53. The molecule has 0 spiro atoms. The number of carbonyl (C=O) groups is 1. The molecule has 0 aliphatic heterocycles. The SMILES string of the molecule is O=C(Nc1nc(C23CC4CC(CC(C4)C2)C3)cs1)C12C[C@@H]3C[C@@H](C1)CC(n1ncnn1)(C3)C2. The molecule has 1 N–H and O–H groups in total. The average molecular weight is 465 g/mol. The number of amides is 1. The van der Waals surface area contributed by atoms with Crippen LogP contribution in [0.25, 0.3) is 0 Å². The molecule has 8 aliphatic carbocycles. The summed E-state index contributed by atoms with van der Waals surface area (Å²) < 4.78 is 0. The van der Waals surface area contributed by atoms with Gasteiger partial charge in [-0.1, -0.05) is 0 Å². The first-order valence-electron chi connectivity index (χ1n) is 13.0. The molecule has 0 aromatic carbocycles. The molecule has 10 rings (SSSR count). The molecule has 8 aliphatic rings. The molecule has 8 heteroatoms. The summed E-state index contributed by atoms with van der Waals surface area (Å²) in [6.07, 6.45) is 16.1. The molecule has 2 heterocycles. The van der Waals surface area contributed by atoms with Gasteiger partial charge in [0.15, 0.2) is 11.5 Å². The van der Waals surface area contributed by atoms with E-state index >= 15 is 0 Å². The molecule has 7 nitrogen and oxygen atoms in total. The van der Waals surface area contributed by atoms with Gasteiger partial charge in [0, 0.05) is 10.8 Å². The van der Waals surface area contributed by atoms with E-state index in [0.29, 0.717) is 11.8 Å². The van der Waals surface area contributed by atoms with Crippen molar-refractivity contribution < 1.29 is 4.79 Å². The standard InChI is InChI=1S/C25H32N6OS/c32-21(24-8-18-4-19(9-24)11-25(10-18,13-24)31-27-14-26-30-31)29-22-28-20(12-33-22)23-5-15-1-16(6-23)3-17(2-15)7-23/h12,14-19H,1-11,13H2,(H,28,29,32)/t15?,16?,17?,18-,19-,23?,24?,25?/m0/s1. The Morgan fingerprint density at radius 1 is 0.939 bits per heavy atom. The van der Waals surface area contributed by atoms with Gasteiger partial charge in [-0.3, -0.25) is 4.79 Å². The van der Waals surface area contributed by atoms with Crippen LogP contribution < -0.4 is 5.32 Å². The van der Waals surface area contributed by atoms with Crippen molar-refractivity contribution in [1.29, 1.82) is 0 Å². The van der Waals surface area contributed by atoms with Gasteiger partial charge in [-0.25, -0.2) is 4.98 Å². The quantitative estimate of drug-likeness (QED) is 0.718. The number of tetrazole rings is 1. The zero-order valence-electron chi connectivity index (χ0n) is 19.1. The number of thiazole rings is 1. The average Bonchev–Trinajstić information content (AvgIpc) is 3.45. The fourth-order valence-corrected chi connectivity index (χ4v) is 11.2. The van der Waals surface area contributed by atoms with E-state index in [9.17, 15) is 4.79 Å². The zero-order chi connectivity index (χ0) is 21.8. The first-order chi connectivity index (χ1) is 16.0. The summed E-state index contributed by atoms with van der Waals surface area (Å²) in [7, 11) is 0. The van der Waals surface area contributed by atoms with E-state index in [-0.39, 0.29) is 22.3 Å². The lowest BCUT2D eigenvalue weighted by Crippen LogP contribution is -2.60. The molecule has 8 bridgehead atoms. The van der Waals surface area contributed by atoms with Crippen LogP contribution >= 0.6 is 11.3 Å². The fraction of sp³-hybridized carbons (Fsp3) is 0.800. The molecular weight excluding hydrogens is 432 g/mol. The van der Waals surface area contributed by atoms with Crippen LogP contribution in [0.5, 0.6) is 0 Å². The van der Waals surface area contributed by atoms with Gasteiger partial charge < -0.3 is 5.32 Å². The summed E-state index contributed by atoms with van der Waals surface area (Å²) in [5, 5.41) is 19.1. The van der Waals surface area contributed by atoms with Gasteiger partial charge >= 0.3 is 0 Å². The summed E-state index contributed by atoms with van der Waals surface area (Å²) in [6.45, 7) is 0. The normalized spacial score (nSPS) is 46.7. The van der Waals surface area contributed by atoms with E-state index in [0.717, 1.165) is 55.0 Å². The van der Waals surface area contributed by atoms with Crippen molar-refractivity contribution in [2.75, 3.05) is 5.32 Å². The molecule has 2 aromatic rings. The molecule has 8 fully saturated rings. The maximum atomic E-state index is 13.8. The van der Waals surface area contributed by atoms with E-state index in [2.05, 4.69) is 26.1 Å². The second-order valence-electron chi connectivity index (χ2n) is 12.9. The van der Waals surface area contributed by atoms with Gasteiger partial charge in [-0.15, -0.1) is 21.5 Å². The van der Waals surface area contributed by atoms with Gasteiger partial charge in [0.25, 0.3) is 0 Å². The first kappa shape index (κ1) is 19.5. The summed E-state index contributed by atoms with van der Waals surface area (Å²) in [5.74, 6) is 4.08. The van der Waals surface area contributed by atoms with Crippen LogP contribution in [-0.2, 0) is 15.7 Å². The van der Waals surface area contributed by atoms with Crippen molar-refractivity contribution in [1.82, 2.24) is 25.2 Å². The van der Waals surface area contributed by atoms with Crippen LogP contribution in [0.2, 0.25) is 0 Å². The minimum absolute atomic E-state index is 0.134. The molecule has 0 unspecified atom stereocenters. The Kier molecular flexibility index (Phi) is 3.80. The Morgan fingerprint density at radius 2 is 1.61 bits per heavy atom. The van der Waals surface area contributed by atoms with Gasteiger partial charge in [0.05, 0.1) is 16.6 Å². The highest BCUT2D eigenvalue weighted by atomic mass is 32.1. The van der Waals surface area contributed by atoms with Gasteiger partial charge in [-0.2, -0.15) is 4.80 Å². The molecule has 2 atom stereocenters. The summed E-state index contributed by atoms with van der Waals surface area (Å²) in [5.41, 5.74) is 1.11. The van der Waals surface area contributed by atoms with E-state index in [1.165, 1.54) is 57.0 Å². The lowest BCUT2D eigenvalue weighted by Gasteiger charge is -2.60. The third kappa shape index (κ3) is 2.76. The number of nitrogens with zero attached hydrogens (tertiary/aromatic N) is 5. The maximum Gasteiger partial charge on any atom is 0.232 e. The number of rotatable bonds is 4. The van der Waals surface area contributed by atoms with Crippen LogP contribution in [0, 0.1) is 35.0 Å². The van der Waals surface area contributed by atoms with Crippen molar-refractivity contribution in [3.63, 3.8) is 0 Å². The molecule has 1 amide bonds. The Labute approximate surface area is 198 Å². The van der Waals surface area contributed by atoms with Crippen molar-refractivity contribution in [2.45, 2.75) is 88.0 Å². The smallest absolute Gasteiger partial charge is 0.232 e. The van der Waals surface area contributed by atoms with E-state index in [4.69, 9.17) is 4.98 Å². The predicted molar refractivity (Wildman–Crippen MR) is 123 cm³/mol. The molecule has 0 radical (unpaired) electrons. The molecule has 8 saturated carbocycles. The summed E-state index contributed by atoms with van der Waals surface area (Å²) in [4.78, 5) is 20.7. The number of hydrogen-bond acceptors (Lipinski definition) is 6. The second-order valence-corrected chi connectivity index (χ2v) is 13.7. The minimum Gasteiger partial charge on any atom is -0.301 e. The van der Waals surface area contributed by atoms with Gasteiger partial charge in [0.1, 0.15) is 0 Å². The Balaban J connectivity index is 1.06. The highest BCUT2D eigenvalue weighted by Gasteiger charge is 2.62.